The summed E-state index contributed by atoms with van der Waals surface area (Å²) in [4.78, 5) is 23.8. The number of hydrogen-bond acceptors (Lipinski definition) is 5. The Labute approximate surface area is 173 Å². The third-order valence-corrected chi connectivity index (χ3v) is 5.43. The van der Waals surface area contributed by atoms with Gasteiger partial charge < -0.3 is 20.3 Å². The van der Waals surface area contributed by atoms with Gasteiger partial charge in [0.2, 0.25) is 0 Å². The standard InChI is InChI=1S/C22H23ClFNO4/c1-12(10-18(27)28)25-21(14-6-7-14)16-8-9-17(23)19(20(16)24)22(29)15-4-2-13(11-26)3-5-15/h2-5,8-9,12,14,21,25-26H,6-7,10-11H2,1H3,(H,27,28)/p-1/t12?,21-/m1/s1. The minimum atomic E-state index is -1.18. The molecule has 1 fully saturated rings. The zero-order valence-electron chi connectivity index (χ0n) is 16.0. The number of halogens is 2. The van der Waals surface area contributed by atoms with E-state index in [0.29, 0.717) is 11.1 Å². The Kier molecular flexibility index (Phi) is 6.67. The number of rotatable bonds is 9. The molecule has 2 N–H and O–H groups in total. The minimum Gasteiger partial charge on any atom is -0.550 e. The molecule has 1 saturated carbocycles. The predicted octanol–water partition coefficient (Wildman–Crippen LogP) is 2.77. The van der Waals surface area contributed by atoms with Crippen molar-refractivity contribution in [3.8, 4) is 0 Å². The summed E-state index contributed by atoms with van der Waals surface area (Å²) in [6.45, 7) is 1.55. The van der Waals surface area contributed by atoms with Crippen LogP contribution in [0.1, 0.15) is 59.3 Å². The van der Waals surface area contributed by atoms with Crippen molar-refractivity contribution in [2.75, 3.05) is 0 Å². The first-order valence-corrected chi connectivity index (χ1v) is 9.88. The number of hydrogen-bond donors (Lipinski definition) is 2. The van der Waals surface area contributed by atoms with E-state index in [9.17, 15) is 14.7 Å². The predicted molar refractivity (Wildman–Crippen MR) is 105 cm³/mol. The number of benzene rings is 2. The summed E-state index contributed by atoms with van der Waals surface area (Å²) in [7, 11) is 0. The van der Waals surface area contributed by atoms with Crippen LogP contribution in [0.15, 0.2) is 36.4 Å². The zero-order valence-corrected chi connectivity index (χ0v) is 16.7. The van der Waals surface area contributed by atoms with Crippen LogP contribution in [0.3, 0.4) is 0 Å². The van der Waals surface area contributed by atoms with Crippen molar-refractivity contribution in [1.82, 2.24) is 5.32 Å². The number of carbonyl (C=O) groups excluding carboxylic acids is 2. The first kappa shape index (κ1) is 21.4. The molecule has 2 atom stereocenters. The highest BCUT2D eigenvalue weighted by molar-refractivity contribution is 6.35. The van der Waals surface area contributed by atoms with Gasteiger partial charge in [-0.25, -0.2) is 4.39 Å². The largest absolute Gasteiger partial charge is 0.550 e. The quantitative estimate of drug-likeness (QED) is 0.611. The number of carboxylic acids is 1. The Bertz CT molecular complexity index is 912. The average molecular weight is 419 g/mol. The van der Waals surface area contributed by atoms with Gasteiger partial charge in [-0.2, -0.15) is 0 Å². The summed E-state index contributed by atoms with van der Waals surface area (Å²) in [5.74, 6) is -2.25. The fraction of sp³-hybridized carbons (Fsp3) is 0.364. The van der Waals surface area contributed by atoms with E-state index in [0.717, 1.165) is 12.8 Å². The average Bonchev–Trinajstić information content (AvgIpc) is 3.51. The molecule has 29 heavy (non-hydrogen) atoms. The Balaban J connectivity index is 1.94. The van der Waals surface area contributed by atoms with Crippen LogP contribution in [0, 0.1) is 11.7 Å². The fourth-order valence-corrected chi connectivity index (χ4v) is 3.68. The first-order valence-electron chi connectivity index (χ1n) is 9.50. The van der Waals surface area contributed by atoms with Crippen LogP contribution < -0.4 is 10.4 Å². The van der Waals surface area contributed by atoms with Crippen LogP contribution in [0.5, 0.6) is 0 Å². The minimum absolute atomic E-state index is 0.0137. The number of carbonyl (C=O) groups is 2. The van der Waals surface area contributed by atoms with Gasteiger partial charge in [0.15, 0.2) is 5.78 Å². The molecule has 2 aromatic carbocycles. The van der Waals surface area contributed by atoms with Crippen molar-refractivity contribution in [2.24, 2.45) is 5.92 Å². The van der Waals surface area contributed by atoms with E-state index in [2.05, 4.69) is 5.32 Å². The molecule has 1 aliphatic rings. The molecular formula is C22H22ClFNO4-. The number of carboxylic acid groups (broad SMARTS) is 1. The van der Waals surface area contributed by atoms with E-state index in [-0.39, 0.29) is 35.1 Å². The van der Waals surface area contributed by atoms with Crippen LogP contribution in [-0.2, 0) is 11.4 Å². The van der Waals surface area contributed by atoms with E-state index in [1.165, 1.54) is 18.2 Å². The van der Waals surface area contributed by atoms with Crippen molar-refractivity contribution in [3.63, 3.8) is 0 Å². The van der Waals surface area contributed by atoms with Crippen LogP contribution in [0.25, 0.3) is 0 Å². The lowest BCUT2D eigenvalue weighted by Gasteiger charge is -2.25. The maximum absolute atomic E-state index is 15.5. The maximum atomic E-state index is 15.5. The smallest absolute Gasteiger partial charge is 0.197 e. The van der Waals surface area contributed by atoms with Gasteiger partial charge in [0.25, 0.3) is 0 Å². The molecule has 0 aromatic heterocycles. The molecule has 7 heteroatoms. The van der Waals surface area contributed by atoms with Crippen molar-refractivity contribution in [1.29, 1.82) is 0 Å². The third-order valence-electron chi connectivity index (χ3n) is 5.11. The second kappa shape index (κ2) is 9.03. The summed E-state index contributed by atoms with van der Waals surface area (Å²) in [5, 5.41) is 23.2. The molecule has 0 aliphatic heterocycles. The molecule has 0 heterocycles. The molecule has 0 spiro atoms. The van der Waals surface area contributed by atoms with Crippen molar-refractivity contribution in [2.45, 2.75) is 44.9 Å². The molecule has 5 nitrogen and oxygen atoms in total. The van der Waals surface area contributed by atoms with Crippen molar-refractivity contribution in [3.05, 3.63) is 69.5 Å². The molecule has 1 unspecified atom stereocenters. The molecule has 0 amide bonds. The Morgan fingerprint density at radius 1 is 1.24 bits per heavy atom. The summed E-state index contributed by atoms with van der Waals surface area (Å²) in [6.07, 6.45) is 1.59. The number of nitrogens with one attached hydrogen (secondary N) is 1. The van der Waals surface area contributed by atoms with Gasteiger partial charge in [0, 0.05) is 35.6 Å². The number of aliphatic carboxylic acids is 1. The topological polar surface area (TPSA) is 89.5 Å². The van der Waals surface area contributed by atoms with Crippen LogP contribution in [-0.4, -0.2) is 22.9 Å². The number of aliphatic hydroxyl groups excluding tert-OH is 1. The van der Waals surface area contributed by atoms with Gasteiger partial charge >= 0.3 is 0 Å². The van der Waals surface area contributed by atoms with Crippen molar-refractivity contribution < 1.29 is 24.2 Å². The second-order valence-electron chi connectivity index (χ2n) is 7.47. The van der Waals surface area contributed by atoms with E-state index in [1.807, 2.05) is 0 Å². The van der Waals surface area contributed by atoms with Crippen molar-refractivity contribution >= 4 is 23.4 Å². The molecule has 0 radical (unpaired) electrons. The Morgan fingerprint density at radius 3 is 2.45 bits per heavy atom. The molecule has 1 aliphatic carbocycles. The number of ketones is 1. The zero-order chi connectivity index (χ0) is 21.1. The second-order valence-corrected chi connectivity index (χ2v) is 7.88. The first-order chi connectivity index (χ1) is 13.8. The SMILES string of the molecule is CC(CC(=O)[O-])N[C@@H](c1ccc(Cl)c(C(=O)c2ccc(CO)cc2)c1F)C1CC1. The van der Waals surface area contributed by atoms with Crippen LogP contribution in [0.4, 0.5) is 4.39 Å². The highest BCUT2D eigenvalue weighted by Crippen LogP contribution is 2.43. The lowest BCUT2D eigenvalue weighted by Crippen LogP contribution is -2.37. The van der Waals surface area contributed by atoms with E-state index in [4.69, 9.17) is 16.7 Å². The van der Waals surface area contributed by atoms with E-state index >= 15 is 4.39 Å². The van der Waals surface area contributed by atoms with E-state index < -0.39 is 29.7 Å². The van der Waals surface area contributed by atoms with Gasteiger partial charge in [-0.1, -0.05) is 41.9 Å². The lowest BCUT2D eigenvalue weighted by molar-refractivity contribution is -0.306. The van der Waals surface area contributed by atoms with Gasteiger partial charge in [-0.15, -0.1) is 0 Å². The molecule has 0 bridgehead atoms. The number of aliphatic hydroxyl groups is 1. The van der Waals surface area contributed by atoms with Gasteiger partial charge in [-0.05, 0) is 37.3 Å². The monoisotopic (exact) mass is 418 g/mol. The van der Waals surface area contributed by atoms with Gasteiger partial charge in [0.05, 0.1) is 17.2 Å². The highest BCUT2D eigenvalue weighted by atomic mass is 35.5. The Hall–Kier alpha value is -2.28. The van der Waals surface area contributed by atoms with Crippen LogP contribution >= 0.6 is 11.6 Å². The fourth-order valence-electron chi connectivity index (χ4n) is 3.45. The molecule has 3 rings (SSSR count). The van der Waals surface area contributed by atoms with E-state index in [1.54, 1.807) is 25.1 Å². The normalized spacial score (nSPS) is 15.7. The molecule has 0 saturated heterocycles. The Morgan fingerprint density at radius 2 is 1.90 bits per heavy atom. The van der Waals surface area contributed by atoms with Gasteiger partial charge in [-0.3, -0.25) is 4.79 Å². The highest BCUT2D eigenvalue weighted by Gasteiger charge is 2.36. The summed E-state index contributed by atoms with van der Waals surface area (Å²) in [6, 6.07) is 8.46. The summed E-state index contributed by atoms with van der Waals surface area (Å²) in [5.41, 5.74) is 1.00. The molecule has 154 valence electrons. The molecular weight excluding hydrogens is 397 g/mol. The van der Waals surface area contributed by atoms with Crippen LogP contribution in [0.2, 0.25) is 5.02 Å². The lowest BCUT2D eigenvalue weighted by atomic mass is 9.94. The molecule has 2 aromatic rings. The summed E-state index contributed by atoms with van der Waals surface area (Å²) >= 11 is 6.17. The summed E-state index contributed by atoms with van der Waals surface area (Å²) < 4.78 is 15.5. The maximum Gasteiger partial charge on any atom is 0.197 e. The third kappa shape index (κ3) is 5.01. The van der Waals surface area contributed by atoms with Gasteiger partial charge in [0.1, 0.15) is 5.82 Å².